The van der Waals surface area contributed by atoms with Crippen LogP contribution in [-0.4, -0.2) is 52.8 Å². The van der Waals surface area contributed by atoms with Crippen LogP contribution in [0.25, 0.3) is 0 Å². The van der Waals surface area contributed by atoms with Crippen molar-refractivity contribution in [1.82, 2.24) is 25.6 Å². The number of benzene rings is 2. The number of halogens is 1. The van der Waals surface area contributed by atoms with Crippen LogP contribution in [-0.2, 0) is 0 Å². The average molecular weight is 506 g/mol. The number of urea groups is 1. The Labute approximate surface area is 217 Å². The number of likely N-dealkylation sites (N-methyl/N-ethyl adjacent to an activating group) is 1. The van der Waals surface area contributed by atoms with Crippen molar-refractivity contribution in [2.45, 2.75) is 39.0 Å². The van der Waals surface area contributed by atoms with Gasteiger partial charge in [-0.1, -0.05) is 23.7 Å². The van der Waals surface area contributed by atoms with E-state index in [0.717, 1.165) is 28.3 Å². The highest BCUT2D eigenvalue weighted by Crippen LogP contribution is 2.34. The molecule has 1 fully saturated rings. The summed E-state index contributed by atoms with van der Waals surface area (Å²) >= 11 is 6.17. The maximum Gasteiger partial charge on any atom is 0.319 e. The molecule has 8 nitrogen and oxygen atoms in total. The molecule has 2 aromatic carbocycles. The number of carbonyl (C=O) groups is 1. The molecule has 2 atom stereocenters. The van der Waals surface area contributed by atoms with Crippen molar-refractivity contribution in [1.29, 1.82) is 0 Å². The summed E-state index contributed by atoms with van der Waals surface area (Å²) in [5, 5.41) is 9.02. The van der Waals surface area contributed by atoms with Crippen LogP contribution < -0.4 is 21.0 Å². The van der Waals surface area contributed by atoms with Crippen molar-refractivity contribution in [3.05, 3.63) is 95.2 Å². The number of nitrogens with one attached hydrogen (secondary N) is 3. The van der Waals surface area contributed by atoms with E-state index < -0.39 is 0 Å². The lowest BCUT2D eigenvalue weighted by molar-refractivity contribution is 0.113. The zero-order valence-corrected chi connectivity index (χ0v) is 21.7. The quantitative estimate of drug-likeness (QED) is 0.563. The lowest BCUT2D eigenvalue weighted by atomic mass is 10.00. The van der Waals surface area contributed by atoms with Gasteiger partial charge in [-0.15, -0.1) is 0 Å². The lowest BCUT2D eigenvalue weighted by Crippen LogP contribution is -2.53. The Kier molecular flexibility index (Phi) is 6.55. The van der Waals surface area contributed by atoms with E-state index in [1.165, 1.54) is 0 Å². The molecule has 0 aromatic heterocycles. The summed E-state index contributed by atoms with van der Waals surface area (Å²) in [5.41, 5.74) is 7.44. The van der Waals surface area contributed by atoms with Crippen molar-refractivity contribution >= 4 is 29.0 Å². The van der Waals surface area contributed by atoms with E-state index in [1.807, 2.05) is 67.7 Å². The third-order valence-electron chi connectivity index (χ3n) is 6.58. The zero-order chi connectivity index (χ0) is 25.4. The first-order valence-corrected chi connectivity index (χ1v) is 12.5. The van der Waals surface area contributed by atoms with Crippen LogP contribution in [0.4, 0.5) is 16.2 Å². The van der Waals surface area contributed by atoms with Gasteiger partial charge in [0.05, 0.1) is 18.9 Å². The average Bonchev–Trinajstić information content (AvgIpc) is 3.17. The van der Waals surface area contributed by atoms with Gasteiger partial charge in [0.15, 0.2) is 0 Å². The molecule has 3 heterocycles. The van der Waals surface area contributed by atoms with Crippen LogP contribution in [0, 0.1) is 6.92 Å². The van der Waals surface area contributed by atoms with E-state index in [9.17, 15) is 4.79 Å². The van der Waals surface area contributed by atoms with E-state index in [-0.39, 0.29) is 18.2 Å². The van der Waals surface area contributed by atoms with Crippen LogP contribution >= 0.6 is 11.6 Å². The van der Waals surface area contributed by atoms with Crippen LogP contribution in [0.2, 0.25) is 5.02 Å². The fourth-order valence-electron chi connectivity index (χ4n) is 4.70. The second-order valence-corrected chi connectivity index (χ2v) is 10.1. The second kappa shape index (κ2) is 9.79. The lowest BCUT2D eigenvalue weighted by Gasteiger charge is -2.41. The standard InChI is InChI=1S/C27H32ClN7O/c1-18(2)35-17-34-25(31-35)16-33(22-10-8-20(28)9-11-22)15-23-24(12-13-32(4)26(23)34)30-27(36)29-21-7-5-6-19(3)14-21/h5-16,18,24,26,31H,17H2,1-4H3,(H2,29,30,36). The molecule has 36 heavy (non-hydrogen) atoms. The molecule has 3 aliphatic rings. The van der Waals surface area contributed by atoms with Gasteiger partial charge in [-0.2, -0.15) is 0 Å². The SMILES string of the molecule is Cc1cccc(NC(=O)NC2C=CN(C)C3C2=CN(c2ccc(Cl)cc2)C=C2NN(C(C)C)CN23)c1. The molecule has 5 rings (SSSR count). The number of nitrogens with zero attached hydrogens (tertiary/aromatic N) is 4. The number of amides is 2. The van der Waals surface area contributed by atoms with Crippen molar-refractivity contribution in [3.8, 4) is 0 Å². The maximum atomic E-state index is 13.0. The minimum atomic E-state index is -0.299. The summed E-state index contributed by atoms with van der Waals surface area (Å²) in [5.74, 6) is 0.986. The van der Waals surface area contributed by atoms with E-state index in [0.29, 0.717) is 17.7 Å². The highest BCUT2D eigenvalue weighted by atomic mass is 35.5. The molecule has 0 saturated carbocycles. The number of fused-ring (bicyclic) bond motifs is 3. The molecular weight excluding hydrogens is 474 g/mol. The summed E-state index contributed by atoms with van der Waals surface area (Å²) in [6.45, 7) is 7.04. The predicted octanol–water partition coefficient (Wildman–Crippen LogP) is 4.61. The monoisotopic (exact) mass is 505 g/mol. The number of hydrogen-bond donors (Lipinski definition) is 3. The maximum absolute atomic E-state index is 13.0. The molecule has 0 bridgehead atoms. The van der Waals surface area contributed by atoms with Gasteiger partial charge in [-0.05, 0) is 75.0 Å². The summed E-state index contributed by atoms with van der Waals surface area (Å²) in [6.07, 6.45) is 8.17. The van der Waals surface area contributed by atoms with E-state index in [4.69, 9.17) is 11.6 Å². The molecule has 3 N–H and O–H groups in total. The van der Waals surface area contributed by atoms with Crippen molar-refractivity contribution in [2.24, 2.45) is 0 Å². The largest absolute Gasteiger partial charge is 0.357 e. The molecule has 9 heteroatoms. The van der Waals surface area contributed by atoms with Gasteiger partial charge < -0.3 is 30.8 Å². The summed E-state index contributed by atoms with van der Waals surface area (Å²) in [6, 6.07) is 15.3. The highest BCUT2D eigenvalue weighted by Gasteiger charge is 2.40. The fourth-order valence-corrected chi connectivity index (χ4v) is 4.83. The van der Waals surface area contributed by atoms with Crippen molar-refractivity contribution < 1.29 is 4.79 Å². The summed E-state index contributed by atoms with van der Waals surface area (Å²) in [4.78, 5) is 19.6. The van der Waals surface area contributed by atoms with Gasteiger partial charge in [-0.25, -0.2) is 9.80 Å². The summed E-state index contributed by atoms with van der Waals surface area (Å²) in [7, 11) is 2.06. The Balaban J connectivity index is 1.49. The second-order valence-electron chi connectivity index (χ2n) is 9.64. The van der Waals surface area contributed by atoms with Gasteiger partial charge in [-0.3, -0.25) is 0 Å². The van der Waals surface area contributed by atoms with Crippen LogP contribution in [0.3, 0.4) is 0 Å². The number of rotatable bonds is 4. The first-order valence-electron chi connectivity index (χ1n) is 12.1. The van der Waals surface area contributed by atoms with Crippen molar-refractivity contribution in [2.75, 3.05) is 23.9 Å². The molecule has 0 aliphatic carbocycles. The third kappa shape index (κ3) is 4.87. The molecule has 3 aliphatic heterocycles. The van der Waals surface area contributed by atoms with E-state index in [2.05, 4.69) is 69.1 Å². The zero-order valence-electron chi connectivity index (χ0n) is 20.9. The number of aryl methyl sites for hydroxylation is 1. The highest BCUT2D eigenvalue weighted by molar-refractivity contribution is 6.30. The van der Waals surface area contributed by atoms with Crippen LogP contribution in [0.1, 0.15) is 19.4 Å². The van der Waals surface area contributed by atoms with E-state index >= 15 is 0 Å². The Morgan fingerprint density at radius 3 is 2.64 bits per heavy atom. The Hall–Kier alpha value is -3.62. The van der Waals surface area contributed by atoms with Gasteiger partial charge in [0.2, 0.25) is 0 Å². The van der Waals surface area contributed by atoms with Crippen LogP contribution in [0.15, 0.2) is 84.6 Å². The minimum Gasteiger partial charge on any atom is -0.357 e. The molecule has 2 unspecified atom stereocenters. The first kappa shape index (κ1) is 24.1. The minimum absolute atomic E-state index is 0.0842. The Bertz CT molecular complexity index is 1220. The van der Waals surface area contributed by atoms with Gasteiger partial charge >= 0.3 is 6.03 Å². The smallest absolute Gasteiger partial charge is 0.319 e. The van der Waals surface area contributed by atoms with Gasteiger partial charge in [0.1, 0.15) is 12.0 Å². The number of anilines is 2. The third-order valence-corrected chi connectivity index (χ3v) is 6.84. The normalized spacial score (nSPS) is 21.3. The number of hydrogen-bond acceptors (Lipinski definition) is 6. The Morgan fingerprint density at radius 1 is 1.14 bits per heavy atom. The van der Waals surface area contributed by atoms with E-state index in [1.54, 1.807) is 0 Å². The topological polar surface area (TPSA) is 66.1 Å². The molecule has 0 radical (unpaired) electrons. The van der Waals surface area contributed by atoms with Gasteiger partial charge in [0, 0.05) is 41.3 Å². The molecule has 1 saturated heterocycles. The molecule has 2 amide bonds. The fraction of sp³-hybridized carbons (Fsp3) is 0.296. The number of hydrazine groups is 1. The van der Waals surface area contributed by atoms with Crippen LogP contribution in [0.5, 0.6) is 0 Å². The van der Waals surface area contributed by atoms with Crippen molar-refractivity contribution in [3.63, 3.8) is 0 Å². The Morgan fingerprint density at radius 2 is 1.92 bits per heavy atom. The summed E-state index contributed by atoms with van der Waals surface area (Å²) < 4.78 is 0. The first-order chi connectivity index (χ1) is 17.3. The molecule has 2 aromatic rings. The number of carbonyl (C=O) groups excluding carboxylic acids is 1. The predicted molar refractivity (Wildman–Crippen MR) is 145 cm³/mol. The molecular formula is C27H32ClN7O. The molecule has 0 spiro atoms. The molecule has 188 valence electrons. The van der Waals surface area contributed by atoms with Gasteiger partial charge in [0.25, 0.3) is 0 Å².